The molecular formula is C35H27N3O. The average Bonchev–Trinajstić information content (AvgIpc) is 3.02. The van der Waals surface area contributed by atoms with Crippen LogP contribution >= 0.6 is 0 Å². The molecule has 4 nitrogen and oxygen atoms in total. The Hall–Kier alpha value is -5.22. The first kappa shape index (κ1) is 24.1. The number of fused-ring (bicyclic) bond motifs is 1. The van der Waals surface area contributed by atoms with Gasteiger partial charge in [0.15, 0.2) is 0 Å². The van der Waals surface area contributed by atoms with Crippen LogP contribution in [0.15, 0.2) is 151 Å². The quantitative estimate of drug-likeness (QED) is 0.203. The summed E-state index contributed by atoms with van der Waals surface area (Å²) in [5, 5.41) is 5.48. The lowest BCUT2D eigenvalue weighted by molar-refractivity contribution is 1.20. The van der Waals surface area contributed by atoms with Gasteiger partial charge in [-0.2, -0.15) is 0 Å². The molecule has 0 atom stereocenters. The molecule has 0 aliphatic heterocycles. The molecule has 6 rings (SSSR count). The molecule has 0 saturated carbocycles. The molecule has 188 valence electrons. The largest absolute Gasteiger partial charge is 0.345 e. The fourth-order valence-corrected chi connectivity index (χ4v) is 4.95. The van der Waals surface area contributed by atoms with Crippen LogP contribution in [0.5, 0.6) is 0 Å². The van der Waals surface area contributed by atoms with Crippen molar-refractivity contribution in [2.24, 2.45) is 5.18 Å². The normalized spacial score (nSPS) is 10.8. The van der Waals surface area contributed by atoms with E-state index in [2.05, 4.69) is 130 Å². The van der Waals surface area contributed by atoms with Gasteiger partial charge in [-0.3, -0.25) is 0 Å². The number of anilines is 5. The van der Waals surface area contributed by atoms with E-state index in [1.807, 2.05) is 25.2 Å². The Morgan fingerprint density at radius 3 is 1.87 bits per heavy atom. The van der Waals surface area contributed by atoms with Gasteiger partial charge in [0.05, 0.1) is 0 Å². The standard InChI is InChI=1S/C35H27N3O/c1-37(33-15-8-14-30(25-33)36-39)31-19-21-32(22-20-31)38(35-18-17-27-11-5-6-12-28(27)24-35)34-16-7-13-29(23-34)26-9-3-2-4-10-26/h2-25H,1H3. The van der Waals surface area contributed by atoms with Gasteiger partial charge in [0, 0.05) is 35.5 Å². The Kier molecular flexibility index (Phi) is 6.59. The number of benzene rings is 6. The molecule has 6 aromatic rings. The predicted molar refractivity (Wildman–Crippen MR) is 164 cm³/mol. The van der Waals surface area contributed by atoms with Crippen molar-refractivity contribution in [1.82, 2.24) is 0 Å². The minimum atomic E-state index is 0.414. The van der Waals surface area contributed by atoms with Crippen molar-refractivity contribution in [1.29, 1.82) is 0 Å². The van der Waals surface area contributed by atoms with E-state index in [-0.39, 0.29) is 0 Å². The van der Waals surface area contributed by atoms with Gasteiger partial charge in [0.2, 0.25) is 0 Å². The molecule has 39 heavy (non-hydrogen) atoms. The second-order valence-corrected chi connectivity index (χ2v) is 9.47. The maximum Gasteiger partial charge on any atom is 0.110 e. The summed E-state index contributed by atoms with van der Waals surface area (Å²) in [6.07, 6.45) is 0. The number of nitroso groups, excluding NO2 is 1. The smallest absolute Gasteiger partial charge is 0.110 e. The zero-order chi connectivity index (χ0) is 26.6. The third kappa shape index (κ3) is 5.00. The summed E-state index contributed by atoms with van der Waals surface area (Å²) >= 11 is 0. The number of rotatable bonds is 7. The lowest BCUT2D eigenvalue weighted by Crippen LogP contribution is -2.12. The summed E-state index contributed by atoms with van der Waals surface area (Å²) < 4.78 is 0. The molecule has 0 amide bonds. The highest BCUT2D eigenvalue weighted by molar-refractivity contribution is 5.90. The Morgan fingerprint density at radius 1 is 0.462 bits per heavy atom. The van der Waals surface area contributed by atoms with E-state index in [4.69, 9.17) is 0 Å². The molecular weight excluding hydrogens is 478 g/mol. The molecule has 0 spiro atoms. The minimum Gasteiger partial charge on any atom is -0.345 e. The molecule has 0 unspecified atom stereocenters. The number of hydrogen-bond acceptors (Lipinski definition) is 4. The third-order valence-corrected chi connectivity index (χ3v) is 7.02. The maximum atomic E-state index is 11.0. The Bertz CT molecular complexity index is 1750. The third-order valence-electron chi connectivity index (χ3n) is 7.02. The zero-order valence-electron chi connectivity index (χ0n) is 21.6. The van der Waals surface area contributed by atoms with Crippen LogP contribution in [0.25, 0.3) is 21.9 Å². The van der Waals surface area contributed by atoms with Crippen molar-refractivity contribution in [2.75, 3.05) is 16.8 Å². The molecule has 0 saturated heterocycles. The van der Waals surface area contributed by atoms with E-state index in [0.717, 1.165) is 28.4 Å². The lowest BCUT2D eigenvalue weighted by atomic mass is 10.0. The van der Waals surface area contributed by atoms with E-state index < -0.39 is 0 Å². The second-order valence-electron chi connectivity index (χ2n) is 9.47. The average molecular weight is 506 g/mol. The second kappa shape index (κ2) is 10.6. The summed E-state index contributed by atoms with van der Waals surface area (Å²) in [7, 11) is 1.99. The zero-order valence-corrected chi connectivity index (χ0v) is 21.6. The van der Waals surface area contributed by atoms with Crippen molar-refractivity contribution in [3.8, 4) is 11.1 Å². The van der Waals surface area contributed by atoms with E-state index in [1.165, 1.54) is 21.9 Å². The monoisotopic (exact) mass is 505 g/mol. The first-order chi connectivity index (χ1) is 19.2. The molecule has 0 aliphatic carbocycles. The Balaban J connectivity index is 1.43. The highest BCUT2D eigenvalue weighted by Gasteiger charge is 2.15. The van der Waals surface area contributed by atoms with Crippen LogP contribution in [-0.2, 0) is 0 Å². The van der Waals surface area contributed by atoms with Crippen LogP contribution in [0.4, 0.5) is 34.1 Å². The van der Waals surface area contributed by atoms with Crippen LogP contribution in [0.2, 0.25) is 0 Å². The van der Waals surface area contributed by atoms with E-state index in [1.54, 1.807) is 12.1 Å². The van der Waals surface area contributed by atoms with E-state index in [9.17, 15) is 4.91 Å². The van der Waals surface area contributed by atoms with Crippen molar-refractivity contribution in [3.05, 3.63) is 150 Å². The first-order valence-electron chi connectivity index (χ1n) is 12.9. The summed E-state index contributed by atoms with van der Waals surface area (Å²) in [5.74, 6) is 0. The first-order valence-corrected chi connectivity index (χ1v) is 12.9. The van der Waals surface area contributed by atoms with Gasteiger partial charge >= 0.3 is 0 Å². The Labute approximate surface area is 228 Å². The van der Waals surface area contributed by atoms with Gasteiger partial charge in [-0.1, -0.05) is 78.9 Å². The van der Waals surface area contributed by atoms with Crippen LogP contribution in [-0.4, -0.2) is 7.05 Å². The predicted octanol–water partition coefficient (Wildman–Crippen LogP) is 10.1. The minimum absolute atomic E-state index is 0.414. The Morgan fingerprint density at radius 2 is 1.08 bits per heavy atom. The molecule has 0 aliphatic rings. The van der Waals surface area contributed by atoms with Crippen LogP contribution < -0.4 is 9.80 Å². The summed E-state index contributed by atoms with van der Waals surface area (Å²) in [5.41, 5.74) is 7.90. The fraction of sp³-hybridized carbons (Fsp3) is 0.0286. The van der Waals surface area contributed by atoms with Gasteiger partial charge in [-0.15, -0.1) is 4.91 Å². The molecule has 4 heteroatoms. The molecule has 0 fully saturated rings. The number of nitrogens with zero attached hydrogens (tertiary/aromatic N) is 3. The SMILES string of the molecule is CN(c1ccc(N(c2cccc(-c3ccccc3)c2)c2ccc3ccccc3c2)cc1)c1cccc(N=O)c1. The molecule has 0 radical (unpaired) electrons. The highest BCUT2D eigenvalue weighted by atomic mass is 16.3. The van der Waals surface area contributed by atoms with Crippen molar-refractivity contribution in [2.45, 2.75) is 0 Å². The van der Waals surface area contributed by atoms with Crippen LogP contribution in [0, 0.1) is 4.91 Å². The number of hydrogen-bond donors (Lipinski definition) is 0. The molecule has 0 bridgehead atoms. The van der Waals surface area contributed by atoms with Crippen molar-refractivity contribution < 1.29 is 0 Å². The van der Waals surface area contributed by atoms with Crippen LogP contribution in [0.3, 0.4) is 0 Å². The van der Waals surface area contributed by atoms with E-state index >= 15 is 0 Å². The lowest BCUT2D eigenvalue weighted by Gasteiger charge is -2.27. The highest BCUT2D eigenvalue weighted by Crippen LogP contribution is 2.39. The van der Waals surface area contributed by atoms with Gasteiger partial charge in [0.1, 0.15) is 5.69 Å². The molecule has 0 heterocycles. The van der Waals surface area contributed by atoms with E-state index in [0.29, 0.717) is 5.69 Å². The van der Waals surface area contributed by atoms with Gasteiger partial charge in [-0.05, 0) is 93.8 Å². The molecule has 0 N–H and O–H groups in total. The van der Waals surface area contributed by atoms with Crippen LogP contribution in [0.1, 0.15) is 0 Å². The topological polar surface area (TPSA) is 35.9 Å². The summed E-state index contributed by atoms with van der Waals surface area (Å²) in [6.45, 7) is 0. The summed E-state index contributed by atoms with van der Waals surface area (Å²) in [6, 6.07) is 49.9. The summed E-state index contributed by atoms with van der Waals surface area (Å²) in [4.78, 5) is 15.4. The van der Waals surface area contributed by atoms with Gasteiger partial charge in [0.25, 0.3) is 0 Å². The molecule has 0 aromatic heterocycles. The van der Waals surface area contributed by atoms with Crippen molar-refractivity contribution in [3.63, 3.8) is 0 Å². The van der Waals surface area contributed by atoms with Gasteiger partial charge < -0.3 is 9.80 Å². The van der Waals surface area contributed by atoms with Gasteiger partial charge in [-0.25, -0.2) is 0 Å². The molecule has 6 aromatic carbocycles. The fourth-order valence-electron chi connectivity index (χ4n) is 4.95. The maximum absolute atomic E-state index is 11.0. The van der Waals surface area contributed by atoms with Crippen molar-refractivity contribution >= 4 is 44.9 Å².